The Morgan fingerprint density at radius 2 is 1.80 bits per heavy atom. The van der Waals surface area contributed by atoms with Gasteiger partial charge in [0.05, 0.1) is 0 Å². The number of carbonyl (C=O) groups excluding carboxylic acids is 1. The molecule has 4 heteroatoms. The second kappa shape index (κ2) is 7.79. The maximum atomic E-state index is 12.3. The molecule has 0 atom stereocenters. The monoisotopic (exact) mass is 333 g/mol. The molecule has 3 aromatic rings. The first-order chi connectivity index (χ1) is 12.1. The van der Waals surface area contributed by atoms with E-state index in [1.165, 1.54) is 0 Å². The molecule has 1 heterocycles. The summed E-state index contributed by atoms with van der Waals surface area (Å²) in [5.41, 5.74) is 4.05. The molecule has 0 aliphatic carbocycles. The average Bonchev–Trinajstić information content (AvgIpc) is 3.07. The number of nitrogens with zero attached hydrogens (tertiary/aromatic N) is 2. The van der Waals surface area contributed by atoms with E-state index in [1.807, 2.05) is 56.6 Å². The summed E-state index contributed by atoms with van der Waals surface area (Å²) in [7, 11) is 0. The molecule has 0 bridgehead atoms. The van der Waals surface area contributed by atoms with Crippen LogP contribution in [0, 0.1) is 13.8 Å². The van der Waals surface area contributed by atoms with E-state index in [-0.39, 0.29) is 5.91 Å². The Labute approximate surface area is 148 Å². The Morgan fingerprint density at radius 1 is 1.08 bits per heavy atom. The van der Waals surface area contributed by atoms with Gasteiger partial charge in [-0.3, -0.25) is 4.79 Å². The molecule has 0 saturated heterocycles. The predicted molar refractivity (Wildman–Crippen MR) is 101 cm³/mol. The van der Waals surface area contributed by atoms with Gasteiger partial charge in [-0.2, -0.15) is 0 Å². The number of amides is 1. The second-order valence-electron chi connectivity index (χ2n) is 6.30. The molecule has 0 aliphatic heterocycles. The van der Waals surface area contributed by atoms with Crippen LogP contribution in [0.15, 0.2) is 60.9 Å². The topological polar surface area (TPSA) is 46.9 Å². The van der Waals surface area contributed by atoms with E-state index in [2.05, 4.69) is 33.1 Å². The van der Waals surface area contributed by atoms with Gasteiger partial charge >= 0.3 is 0 Å². The first kappa shape index (κ1) is 17.0. The van der Waals surface area contributed by atoms with Crippen LogP contribution in [0.5, 0.6) is 0 Å². The van der Waals surface area contributed by atoms with Crippen LogP contribution in [-0.4, -0.2) is 22.0 Å². The quantitative estimate of drug-likeness (QED) is 0.693. The third-order valence-electron chi connectivity index (χ3n) is 4.09. The van der Waals surface area contributed by atoms with Crippen molar-refractivity contribution in [2.45, 2.75) is 26.8 Å². The number of imidazole rings is 1. The Morgan fingerprint density at radius 3 is 2.52 bits per heavy atom. The zero-order valence-electron chi connectivity index (χ0n) is 14.7. The van der Waals surface area contributed by atoms with Gasteiger partial charge in [-0.05, 0) is 32.4 Å². The van der Waals surface area contributed by atoms with Crippen LogP contribution in [0.2, 0.25) is 0 Å². The molecular formula is C21H23N3O. The van der Waals surface area contributed by atoms with E-state index in [0.29, 0.717) is 6.54 Å². The SMILES string of the molecule is Cc1cc(C)cc(C(=O)NCCCn2ccnc2-c2ccccc2)c1. The normalized spacial score (nSPS) is 10.6. The number of hydrogen-bond acceptors (Lipinski definition) is 2. The molecule has 0 spiro atoms. The van der Waals surface area contributed by atoms with E-state index >= 15 is 0 Å². The molecule has 1 N–H and O–H groups in total. The van der Waals surface area contributed by atoms with Gasteiger partial charge in [0.25, 0.3) is 5.91 Å². The summed E-state index contributed by atoms with van der Waals surface area (Å²) in [6.45, 7) is 5.47. The smallest absolute Gasteiger partial charge is 0.251 e. The lowest BCUT2D eigenvalue weighted by atomic mass is 10.1. The van der Waals surface area contributed by atoms with Crippen LogP contribution in [0.3, 0.4) is 0 Å². The molecule has 2 aromatic carbocycles. The van der Waals surface area contributed by atoms with Gasteiger partial charge in [0, 0.05) is 36.6 Å². The molecule has 0 aliphatic rings. The first-order valence-corrected chi connectivity index (χ1v) is 8.56. The van der Waals surface area contributed by atoms with Crippen LogP contribution in [-0.2, 0) is 6.54 Å². The van der Waals surface area contributed by atoms with Crippen LogP contribution < -0.4 is 5.32 Å². The first-order valence-electron chi connectivity index (χ1n) is 8.56. The van der Waals surface area contributed by atoms with Crippen molar-refractivity contribution >= 4 is 5.91 Å². The van der Waals surface area contributed by atoms with E-state index in [1.54, 1.807) is 0 Å². The van der Waals surface area contributed by atoms with Crippen molar-refractivity contribution in [1.82, 2.24) is 14.9 Å². The molecule has 0 unspecified atom stereocenters. The summed E-state index contributed by atoms with van der Waals surface area (Å²) in [6.07, 6.45) is 4.65. The lowest BCUT2D eigenvalue weighted by Gasteiger charge is -2.10. The Kier molecular flexibility index (Phi) is 5.29. The second-order valence-corrected chi connectivity index (χ2v) is 6.30. The number of aryl methyl sites for hydroxylation is 3. The number of hydrogen-bond donors (Lipinski definition) is 1. The fraction of sp³-hybridized carbons (Fsp3) is 0.238. The molecule has 3 rings (SSSR count). The van der Waals surface area contributed by atoms with Gasteiger partial charge in [0.2, 0.25) is 0 Å². The van der Waals surface area contributed by atoms with Crippen molar-refractivity contribution < 1.29 is 4.79 Å². The molecule has 1 aromatic heterocycles. The molecule has 0 radical (unpaired) electrons. The molecular weight excluding hydrogens is 310 g/mol. The zero-order valence-corrected chi connectivity index (χ0v) is 14.7. The van der Waals surface area contributed by atoms with Gasteiger partial charge in [0.1, 0.15) is 5.82 Å². The van der Waals surface area contributed by atoms with Gasteiger partial charge in [-0.25, -0.2) is 4.98 Å². The fourth-order valence-electron chi connectivity index (χ4n) is 3.00. The van der Waals surface area contributed by atoms with Crippen LogP contribution >= 0.6 is 0 Å². The number of rotatable bonds is 6. The minimum atomic E-state index is -0.0132. The summed E-state index contributed by atoms with van der Waals surface area (Å²) in [5.74, 6) is 0.946. The Hall–Kier alpha value is -2.88. The highest BCUT2D eigenvalue weighted by molar-refractivity contribution is 5.94. The standard InChI is InChI=1S/C21H23N3O/c1-16-13-17(2)15-19(14-16)21(25)23-9-6-11-24-12-10-22-20(24)18-7-4-3-5-8-18/h3-5,7-8,10,12-15H,6,9,11H2,1-2H3,(H,23,25). The van der Waals surface area contributed by atoms with Gasteiger partial charge in [0.15, 0.2) is 0 Å². The summed E-state index contributed by atoms with van der Waals surface area (Å²) in [5, 5.41) is 3.00. The highest BCUT2D eigenvalue weighted by atomic mass is 16.1. The minimum Gasteiger partial charge on any atom is -0.352 e. The van der Waals surface area contributed by atoms with E-state index in [4.69, 9.17) is 0 Å². The maximum absolute atomic E-state index is 12.3. The third kappa shape index (κ3) is 4.35. The van der Waals surface area contributed by atoms with Crippen molar-refractivity contribution in [3.63, 3.8) is 0 Å². The van der Waals surface area contributed by atoms with Crippen molar-refractivity contribution in [2.24, 2.45) is 0 Å². The molecule has 25 heavy (non-hydrogen) atoms. The predicted octanol–water partition coefficient (Wildman–Crippen LogP) is 3.99. The van der Waals surface area contributed by atoms with Crippen molar-refractivity contribution in [3.8, 4) is 11.4 Å². The number of aromatic nitrogens is 2. The zero-order chi connectivity index (χ0) is 17.6. The lowest BCUT2D eigenvalue weighted by Crippen LogP contribution is -2.25. The maximum Gasteiger partial charge on any atom is 0.251 e. The van der Waals surface area contributed by atoms with Gasteiger partial charge in [-0.15, -0.1) is 0 Å². The Balaban J connectivity index is 1.54. The summed E-state index contributed by atoms with van der Waals surface area (Å²) < 4.78 is 2.12. The molecule has 4 nitrogen and oxygen atoms in total. The van der Waals surface area contributed by atoms with Crippen LogP contribution in [0.1, 0.15) is 27.9 Å². The van der Waals surface area contributed by atoms with Crippen molar-refractivity contribution in [2.75, 3.05) is 6.54 Å². The summed E-state index contributed by atoms with van der Waals surface area (Å²) in [6, 6.07) is 16.1. The molecule has 1 amide bonds. The molecule has 0 saturated carbocycles. The van der Waals surface area contributed by atoms with Crippen LogP contribution in [0.4, 0.5) is 0 Å². The van der Waals surface area contributed by atoms with Crippen LogP contribution in [0.25, 0.3) is 11.4 Å². The van der Waals surface area contributed by atoms with E-state index in [0.717, 1.165) is 41.0 Å². The minimum absolute atomic E-state index is 0.0132. The number of carbonyl (C=O) groups is 1. The van der Waals surface area contributed by atoms with Crippen molar-refractivity contribution in [1.29, 1.82) is 0 Å². The molecule has 128 valence electrons. The average molecular weight is 333 g/mol. The van der Waals surface area contributed by atoms with E-state index in [9.17, 15) is 4.79 Å². The highest BCUT2D eigenvalue weighted by Crippen LogP contribution is 2.16. The number of benzene rings is 2. The third-order valence-corrected chi connectivity index (χ3v) is 4.09. The number of nitrogens with one attached hydrogen (secondary N) is 1. The molecule has 0 fully saturated rings. The summed E-state index contributed by atoms with van der Waals surface area (Å²) >= 11 is 0. The van der Waals surface area contributed by atoms with Gasteiger partial charge < -0.3 is 9.88 Å². The lowest BCUT2D eigenvalue weighted by molar-refractivity contribution is 0.0952. The van der Waals surface area contributed by atoms with E-state index < -0.39 is 0 Å². The van der Waals surface area contributed by atoms with Gasteiger partial charge in [-0.1, -0.05) is 47.5 Å². The summed E-state index contributed by atoms with van der Waals surface area (Å²) in [4.78, 5) is 16.7. The fourth-order valence-corrected chi connectivity index (χ4v) is 3.00. The Bertz CT molecular complexity index is 832. The largest absolute Gasteiger partial charge is 0.352 e. The van der Waals surface area contributed by atoms with Crippen molar-refractivity contribution in [3.05, 3.63) is 77.6 Å². The highest BCUT2D eigenvalue weighted by Gasteiger charge is 2.07.